The van der Waals surface area contributed by atoms with Crippen molar-refractivity contribution in [2.45, 2.75) is 40.2 Å². The van der Waals surface area contributed by atoms with Crippen molar-refractivity contribution < 1.29 is 14.1 Å². The van der Waals surface area contributed by atoms with Crippen molar-refractivity contribution in [3.8, 4) is 0 Å². The molecule has 0 aromatic heterocycles. The highest BCUT2D eigenvalue weighted by atomic mass is 16.2. The van der Waals surface area contributed by atoms with Gasteiger partial charge in [-0.15, -0.1) is 0 Å². The van der Waals surface area contributed by atoms with Gasteiger partial charge in [0.1, 0.15) is 6.54 Å². The maximum absolute atomic E-state index is 12.4. The molecule has 1 aromatic rings. The number of nitrogens with zero attached hydrogens (tertiary/aromatic N) is 2. The minimum Gasteiger partial charge on any atom is -0.321 e. The van der Waals surface area contributed by atoms with Gasteiger partial charge in [-0.1, -0.05) is 18.2 Å². The number of fused-ring (bicyclic) bond motifs is 2. The van der Waals surface area contributed by atoms with Gasteiger partial charge in [0.2, 0.25) is 11.8 Å². The SMILES string of the molecule is CC[N+](CC)(CC)Cc1cccc2c1C[C@@H]1C(=O)N(C)C(=O)[C@@H]1C2. The fourth-order valence-electron chi connectivity index (χ4n) is 4.52. The van der Waals surface area contributed by atoms with Crippen molar-refractivity contribution in [1.29, 1.82) is 0 Å². The Hall–Kier alpha value is -1.68. The van der Waals surface area contributed by atoms with Crippen molar-refractivity contribution >= 4 is 11.8 Å². The second-order valence-corrected chi connectivity index (χ2v) is 7.36. The summed E-state index contributed by atoms with van der Waals surface area (Å²) in [6.45, 7) is 11.1. The van der Waals surface area contributed by atoms with Crippen LogP contribution >= 0.6 is 0 Å². The average Bonchev–Trinajstić information content (AvgIpc) is 2.82. The first-order chi connectivity index (χ1) is 11.5. The number of imide groups is 1. The van der Waals surface area contributed by atoms with Crippen LogP contribution in [-0.2, 0) is 29.0 Å². The summed E-state index contributed by atoms with van der Waals surface area (Å²) in [5, 5.41) is 0. The molecular weight excluding hydrogens is 300 g/mol. The number of carbonyl (C=O) groups is 2. The first-order valence-electron chi connectivity index (χ1n) is 9.22. The van der Waals surface area contributed by atoms with Gasteiger partial charge in [-0.25, -0.2) is 0 Å². The molecule has 1 heterocycles. The van der Waals surface area contributed by atoms with Crippen molar-refractivity contribution in [2.75, 3.05) is 26.7 Å². The predicted octanol–water partition coefficient (Wildman–Crippen LogP) is 2.39. The standard InChI is InChI=1S/C20H29N2O2/c1-5-22(6-2,7-3)13-15-10-8-9-14-11-17-18(12-16(14)15)20(24)21(4)19(17)23/h8-10,17-18H,5-7,11-13H2,1-4H3/q+1/t17-,18+/m1/s1. The van der Waals surface area contributed by atoms with E-state index < -0.39 is 0 Å². The molecule has 0 bridgehead atoms. The van der Waals surface area contributed by atoms with Gasteiger partial charge >= 0.3 is 0 Å². The molecule has 4 nitrogen and oxygen atoms in total. The lowest BCUT2D eigenvalue weighted by molar-refractivity contribution is -0.936. The molecule has 1 fully saturated rings. The van der Waals surface area contributed by atoms with E-state index in [0.717, 1.165) is 37.1 Å². The molecule has 0 N–H and O–H groups in total. The van der Waals surface area contributed by atoms with Gasteiger partial charge in [0.25, 0.3) is 0 Å². The number of hydrogen-bond acceptors (Lipinski definition) is 2. The molecule has 1 saturated heterocycles. The zero-order chi connectivity index (χ0) is 17.5. The van der Waals surface area contributed by atoms with Crippen LogP contribution < -0.4 is 0 Å². The fourth-order valence-corrected chi connectivity index (χ4v) is 4.52. The van der Waals surface area contributed by atoms with Crippen molar-refractivity contribution in [3.63, 3.8) is 0 Å². The highest BCUT2D eigenvalue weighted by molar-refractivity contribution is 6.05. The number of hydrogen-bond donors (Lipinski definition) is 0. The van der Waals surface area contributed by atoms with Crippen LogP contribution in [0.15, 0.2) is 18.2 Å². The Morgan fingerprint density at radius 2 is 1.58 bits per heavy atom. The van der Waals surface area contributed by atoms with Gasteiger partial charge in [-0.05, 0) is 44.7 Å². The molecular formula is C20H29N2O2+. The Kier molecular flexibility index (Phi) is 4.52. The topological polar surface area (TPSA) is 37.4 Å². The van der Waals surface area contributed by atoms with Crippen LogP contribution in [0.5, 0.6) is 0 Å². The maximum atomic E-state index is 12.4. The first-order valence-corrected chi connectivity index (χ1v) is 9.22. The van der Waals surface area contributed by atoms with Crippen molar-refractivity contribution in [2.24, 2.45) is 11.8 Å². The van der Waals surface area contributed by atoms with E-state index in [1.165, 1.54) is 21.6 Å². The van der Waals surface area contributed by atoms with E-state index in [4.69, 9.17) is 0 Å². The van der Waals surface area contributed by atoms with Crippen LogP contribution in [0.1, 0.15) is 37.5 Å². The Labute approximate surface area is 145 Å². The third-order valence-electron chi connectivity index (χ3n) is 6.53. The van der Waals surface area contributed by atoms with Crippen LogP contribution in [-0.4, -0.2) is 47.9 Å². The number of quaternary nitrogens is 1. The summed E-state index contributed by atoms with van der Waals surface area (Å²) in [6.07, 6.45) is 1.44. The zero-order valence-electron chi connectivity index (χ0n) is 15.3. The molecule has 4 heteroatoms. The summed E-state index contributed by atoms with van der Waals surface area (Å²) in [5.74, 6) is -0.287. The Morgan fingerprint density at radius 1 is 1.00 bits per heavy atom. The lowest BCUT2D eigenvalue weighted by Crippen LogP contribution is -2.47. The van der Waals surface area contributed by atoms with E-state index in [0.29, 0.717) is 6.42 Å². The van der Waals surface area contributed by atoms with Gasteiger partial charge in [0.15, 0.2) is 0 Å². The van der Waals surface area contributed by atoms with Crippen molar-refractivity contribution in [1.82, 2.24) is 4.90 Å². The molecule has 24 heavy (non-hydrogen) atoms. The molecule has 1 aliphatic heterocycles. The summed E-state index contributed by atoms with van der Waals surface area (Å²) in [6, 6.07) is 6.48. The Bertz CT molecular complexity index is 655. The summed E-state index contributed by atoms with van der Waals surface area (Å²) in [4.78, 5) is 26.1. The fraction of sp³-hybridized carbons (Fsp3) is 0.600. The van der Waals surface area contributed by atoms with Crippen molar-refractivity contribution in [3.05, 3.63) is 34.9 Å². The van der Waals surface area contributed by atoms with Crippen LogP contribution in [0.4, 0.5) is 0 Å². The third-order valence-corrected chi connectivity index (χ3v) is 6.53. The first kappa shape index (κ1) is 17.2. The molecule has 0 radical (unpaired) electrons. The second kappa shape index (κ2) is 6.32. The molecule has 2 aliphatic rings. The Morgan fingerprint density at radius 3 is 2.17 bits per heavy atom. The number of rotatable bonds is 5. The normalized spacial score (nSPS) is 23.4. The largest absolute Gasteiger partial charge is 0.321 e. The van der Waals surface area contributed by atoms with Crippen LogP contribution in [0.3, 0.4) is 0 Å². The lowest BCUT2D eigenvalue weighted by Gasteiger charge is -2.37. The molecule has 1 aromatic carbocycles. The monoisotopic (exact) mass is 329 g/mol. The molecule has 0 unspecified atom stereocenters. The second-order valence-electron chi connectivity index (χ2n) is 7.36. The molecule has 2 amide bonds. The van der Waals surface area contributed by atoms with E-state index >= 15 is 0 Å². The summed E-state index contributed by atoms with van der Waals surface area (Å²) < 4.78 is 1.07. The molecule has 2 atom stereocenters. The third kappa shape index (κ3) is 2.57. The molecule has 1 aliphatic carbocycles. The molecule has 0 saturated carbocycles. The minimum atomic E-state index is -0.150. The zero-order valence-corrected chi connectivity index (χ0v) is 15.3. The number of carbonyl (C=O) groups excluding carboxylic acids is 2. The summed E-state index contributed by atoms with van der Waals surface area (Å²) in [5.41, 5.74) is 3.96. The average molecular weight is 329 g/mol. The van der Waals surface area contributed by atoms with E-state index in [2.05, 4.69) is 39.0 Å². The van der Waals surface area contributed by atoms with Crippen LogP contribution in [0.25, 0.3) is 0 Å². The number of amides is 2. The smallest absolute Gasteiger partial charge is 0.233 e. The van der Waals surface area contributed by atoms with Gasteiger partial charge in [-0.2, -0.15) is 0 Å². The number of likely N-dealkylation sites (tertiary alicyclic amines) is 1. The van der Waals surface area contributed by atoms with E-state index in [9.17, 15) is 9.59 Å². The lowest BCUT2D eigenvalue weighted by atomic mass is 9.75. The van der Waals surface area contributed by atoms with E-state index in [-0.39, 0.29) is 23.7 Å². The van der Waals surface area contributed by atoms with Crippen LogP contribution in [0.2, 0.25) is 0 Å². The van der Waals surface area contributed by atoms with Gasteiger partial charge in [0, 0.05) is 12.6 Å². The molecule has 3 rings (SSSR count). The predicted molar refractivity (Wildman–Crippen MR) is 94.2 cm³/mol. The highest BCUT2D eigenvalue weighted by Gasteiger charge is 2.48. The van der Waals surface area contributed by atoms with Gasteiger partial charge < -0.3 is 4.48 Å². The molecule has 0 spiro atoms. The Balaban J connectivity index is 1.95. The quantitative estimate of drug-likeness (QED) is 0.614. The number of benzene rings is 1. The molecule has 130 valence electrons. The van der Waals surface area contributed by atoms with Gasteiger partial charge in [0.05, 0.1) is 31.5 Å². The van der Waals surface area contributed by atoms with Crippen LogP contribution in [0, 0.1) is 11.8 Å². The summed E-state index contributed by atoms with van der Waals surface area (Å²) >= 11 is 0. The highest BCUT2D eigenvalue weighted by Crippen LogP contribution is 2.38. The van der Waals surface area contributed by atoms with E-state index in [1.54, 1.807) is 7.05 Å². The summed E-state index contributed by atoms with van der Waals surface area (Å²) in [7, 11) is 1.63. The maximum Gasteiger partial charge on any atom is 0.233 e. The van der Waals surface area contributed by atoms with E-state index in [1.807, 2.05) is 0 Å². The van der Waals surface area contributed by atoms with Gasteiger partial charge in [-0.3, -0.25) is 14.5 Å². The minimum absolute atomic E-state index is 0.00172.